The third-order valence-corrected chi connectivity index (χ3v) is 12.3. The van der Waals surface area contributed by atoms with Gasteiger partial charge in [0.1, 0.15) is 23.7 Å². The van der Waals surface area contributed by atoms with Crippen molar-refractivity contribution in [3.05, 3.63) is 47.9 Å². The van der Waals surface area contributed by atoms with E-state index in [0.717, 1.165) is 5.56 Å². The van der Waals surface area contributed by atoms with E-state index in [-0.39, 0.29) is 11.0 Å². The molecule has 0 saturated heterocycles. The van der Waals surface area contributed by atoms with Crippen molar-refractivity contribution in [3.8, 4) is 23.3 Å². The molecule has 1 N–H and O–H groups in total. The maximum atomic E-state index is 13.5. The van der Waals surface area contributed by atoms with Crippen LogP contribution in [-0.4, -0.2) is 60.2 Å². The number of amides is 1. The minimum atomic E-state index is -2.14. The first-order chi connectivity index (χ1) is 20.0. The van der Waals surface area contributed by atoms with Crippen LogP contribution in [-0.2, 0) is 14.6 Å². The van der Waals surface area contributed by atoms with E-state index in [9.17, 15) is 10.1 Å². The van der Waals surface area contributed by atoms with Gasteiger partial charge in [0.25, 0.3) is 0 Å². The van der Waals surface area contributed by atoms with Gasteiger partial charge in [-0.2, -0.15) is 10.2 Å². The number of anilines is 3. The number of nitrogens with one attached hydrogen (secondary N) is 1. The lowest BCUT2D eigenvalue weighted by Crippen LogP contribution is -2.46. The Bertz CT molecular complexity index is 1560. The predicted octanol–water partition coefficient (Wildman–Crippen LogP) is 6.59. The molecule has 0 aliphatic carbocycles. The number of nitrogens with zero attached hydrogens (tertiary/aromatic N) is 6. The Kier molecular flexibility index (Phi) is 8.55. The van der Waals surface area contributed by atoms with Crippen LogP contribution in [0.1, 0.15) is 59.6 Å². The van der Waals surface area contributed by atoms with Crippen molar-refractivity contribution in [3.63, 3.8) is 0 Å². The molecule has 0 radical (unpaired) electrons. The van der Waals surface area contributed by atoms with Crippen LogP contribution < -0.4 is 15.0 Å². The van der Waals surface area contributed by atoms with E-state index < -0.39 is 25.4 Å². The van der Waals surface area contributed by atoms with Crippen molar-refractivity contribution in [2.45, 2.75) is 77.6 Å². The molecule has 1 amide bonds. The summed E-state index contributed by atoms with van der Waals surface area (Å²) in [5.74, 6) is 1.05. The number of carbonyl (C=O) groups is 1. The van der Waals surface area contributed by atoms with Crippen LogP contribution in [0, 0.1) is 11.3 Å². The van der Waals surface area contributed by atoms with Gasteiger partial charge in [0, 0.05) is 30.3 Å². The molecule has 1 aromatic carbocycles. The highest BCUT2D eigenvalue weighted by molar-refractivity contribution is 6.74. The number of rotatable bonds is 7. The van der Waals surface area contributed by atoms with Crippen LogP contribution in [0.3, 0.4) is 0 Å². The first-order valence-electron chi connectivity index (χ1n) is 14.2. The number of aromatic nitrogens is 4. The number of pyridine rings is 1. The van der Waals surface area contributed by atoms with E-state index in [1.165, 1.54) is 13.4 Å². The molecule has 2 aromatic heterocycles. The average molecular weight is 604 g/mol. The Morgan fingerprint density at radius 2 is 1.88 bits per heavy atom. The molecule has 1 aliphatic rings. The highest BCUT2D eigenvalue weighted by atomic mass is 28.4. The van der Waals surface area contributed by atoms with Crippen molar-refractivity contribution in [2.75, 3.05) is 30.5 Å². The fraction of sp³-hybridized carbons (Fsp3) is 0.484. The second-order valence-corrected chi connectivity index (χ2v) is 18.3. The smallest absolute Gasteiger partial charge is 0.414 e. The molecule has 1 aliphatic heterocycles. The normalized spacial score (nSPS) is 16.8. The molecule has 4 rings (SSSR count). The Morgan fingerprint density at radius 3 is 2.51 bits per heavy atom. The maximum Gasteiger partial charge on any atom is 0.414 e. The third kappa shape index (κ3) is 6.78. The lowest BCUT2D eigenvalue weighted by Gasteiger charge is -2.39. The summed E-state index contributed by atoms with van der Waals surface area (Å²) in [6, 6.07) is 9.51. The predicted molar refractivity (Wildman–Crippen MR) is 168 cm³/mol. The molecular formula is C31H41N7O4Si. The Balaban J connectivity index is 1.80. The summed E-state index contributed by atoms with van der Waals surface area (Å²) < 4.78 is 17.8. The van der Waals surface area contributed by atoms with Crippen molar-refractivity contribution < 1.29 is 18.7 Å². The van der Waals surface area contributed by atoms with Crippen LogP contribution in [0.4, 0.5) is 22.1 Å². The van der Waals surface area contributed by atoms with Crippen LogP contribution in [0.5, 0.6) is 5.88 Å². The van der Waals surface area contributed by atoms with Crippen LogP contribution in [0.15, 0.2) is 36.8 Å². The summed E-state index contributed by atoms with van der Waals surface area (Å²) in [5, 5.41) is 13.4. The number of methoxy groups -OCH3 is 1. The van der Waals surface area contributed by atoms with Gasteiger partial charge in [-0.15, -0.1) is 0 Å². The van der Waals surface area contributed by atoms with E-state index in [0.29, 0.717) is 47.4 Å². The SMILES string of the molecule is COc1ncccc1Nc1ncnc(-c2cc(C#N)c3c(c2)C(C)(CO[Si](C)(C)C(C)(C)C)CN3C(=O)OC(C)(C)C)n1. The van der Waals surface area contributed by atoms with Gasteiger partial charge in [-0.1, -0.05) is 27.7 Å². The minimum absolute atomic E-state index is 0.000539. The van der Waals surface area contributed by atoms with E-state index in [1.54, 1.807) is 29.3 Å². The lowest BCUT2D eigenvalue weighted by molar-refractivity contribution is 0.0575. The fourth-order valence-electron chi connectivity index (χ4n) is 4.53. The first kappa shape index (κ1) is 31.8. The Hall–Kier alpha value is -4.08. The number of fused-ring (bicyclic) bond motifs is 1. The number of nitriles is 1. The Morgan fingerprint density at radius 1 is 1.16 bits per heavy atom. The molecule has 3 heterocycles. The summed E-state index contributed by atoms with van der Waals surface area (Å²) in [5.41, 5.74) is 1.52. The van der Waals surface area contributed by atoms with Crippen LogP contribution >= 0.6 is 0 Å². The van der Waals surface area contributed by atoms with E-state index in [4.69, 9.17) is 13.9 Å². The Labute approximate surface area is 254 Å². The van der Waals surface area contributed by atoms with Crippen molar-refractivity contribution in [1.82, 2.24) is 19.9 Å². The maximum absolute atomic E-state index is 13.5. The zero-order valence-electron chi connectivity index (χ0n) is 26.7. The number of benzene rings is 1. The monoisotopic (exact) mass is 603 g/mol. The number of hydrogen-bond acceptors (Lipinski definition) is 10. The second-order valence-electron chi connectivity index (χ2n) is 13.5. The number of ether oxygens (including phenoxy) is 2. The van der Waals surface area contributed by atoms with Gasteiger partial charge in [0.05, 0.1) is 18.4 Å². The molecule has 0 bridgehead atoms. The minimum Gasteiger partial charge on any atom is -0.480 e. The third-order valence-electron chi connectivity index (χ3n) is 7.87. The topological polar surface area (TPSA) is 135 Å². The summed E-state index contributed by atoms with van der Waals surface area (Å²) >= 11 is 0. The van der Waals surface area contributed by atoms with Crippen LogP contribution in [0.2, 0.25) is 18.1 Å². The van der Waals surface area contributed by atoms with E-state index in [2.05, 4.69) is 72.1 Å². The zero-order valence-corrected chi connectivity index (χ0v) is 27.7. The standard InChI is InChI=1S/C31H41N7O4Si/c1-29(2,3)42-28(39)38-17-31(7,18-41-43(9,10)30(4,5)6)22-15-20(14-21(16-32)24(22)38)25-34-19-35-27(37-25)36-23-12-11-13-33-26(23)40-8/h11-15,19H,17-18H2,1-10H3,(H,34,35,36,37). The molecule has 12 heteroatoms. The van der Waals surface area contributed by atoms with Gasteiger partial charge >= 0.3 is 6.09 Å². The summed E-state index contributed by atoms with van der Waals surface area (Å²) in [6.07, 6.45) is 2.52. The lowest BCUT2D eigenvalue weighted by atomic mass is 9.83. The average Bonchev–Trinajstić information content (AvgIpc) is 3.23. The molecule has 0 fully saturated rings. The molecule has 1 unspecified atom stereocenters. The second kappa shape index (κ2) is 11.5. The summed E-state index contributed by atoms with van der Waals surface area (Å²) in [7, 11) is -0.602. The largest absolute Gasteiger partial charge is 0.480 e. The number of carbonyl (C=O) groups excluding carboxylic acids is 1. The molecular weight excluding hydrogens is 562 g/mol. The van der Waals surface area contributed by atoms with E-state index >= 15 is 0 Å². The van der Waals surface area contributed by atoms with Gasteiger partial charge in [0.15, 0.2) is 14.1 Å². The van der Waals surface area contributed by atoms with Crippen molar-refractivity contribution in [2.24, 2.45) is 0 Å². The van der Waals surface area contributed by atoms with Crippen molar-refractivity contribution in [1.29, 1.82) is 5.26 Å². The summed E-state index contributed by atoms with van der Waals surface area (Å²) in [6.45, 7) is 19.2. The van der Waals surface area contributed by atoms with E-state index in [1.807, 2.05) is 26.8 Å². The molecule has 0 saturated carbocycles. The van der Waals surface area contributed by atoms with Gasteiger partial charge in [-0.3, -0.25) is 4.90 Å². The molecule has 43 heavy (non-hydrogen) atoms. The fourth-order valence-corrected chi connectivity index (χ4v) is 5.64. The van der Waals surface area contributed by atoms with Gasteiger partial charge < -0.3 is 19.2 Å². The van der Waals surface area contributed by atoms with Gasteiger partial charge in [0.2, 0.25) is 11.8 Å². The molecule has 0 spiro atoms. The molecule has 3 aromatic rings. The molecule has 11 nitrogen and oxygen atoms in total. The van der Waals surface area contributed by atoms with Gasteiger partial charge in [-0.25, -0.2) is 19.7 Å². The summed E-state index contributed by atoms with van der Waals surface area (Å²) in [4.78, 5) is 32.5. The van der Waals surface area contributed by atoms with Gasteiger partial charge in [-0.05, 0) is 68.7 Å². The van der Waals surface area contributed by atoms with Crippen LogP contribution in [0.25, 0.3) is 11.4 Å². The van der Waals surface area contributed by atoms with Crippen molar-refractivity contribution >= 4 is 31.7 Å². The highest BCUT2D eigenvalue weighted by Gasteiger charge is 2.47. The quantitative estimate of drug-likeness (QED) is 0.295. The highest BCUT2D eigenvalue weighted by Crippen LogP contribution is 2.47. The first-order valence-corrected chi connectivity index (χ1v) is 17.1. The molecule has 228 valence electrons. The zero-order chi connectivity index (χ0) is 31.8. The number of hydrogen-bond donors (Lipinski definition) is 1. The molecule has 1 atom stereocenters.